The predicted octanol–water partition coefficient (Wildman–Crippen LogP) is 3.41. The van der Waals surface area contributed by atoms with Gasteiger partial charge in [-0.05, 0) is 40.5 Å². The van der Waals surface area contributed by atoms with Gasteiger partial charge in [-0.2, -0.15) is 0 Å². The highest BCUT2D eigenvalue weighted by molar-refractivity contribution is 9.10. The topological polar surface area (TPSA) is 41.6 Å². The maximum Gasteiger partial charge on any atom is 0.224 e. The Morgan fingerprint density at radius 1 is 1.40 bits per heavy atom. The maximum atomic E-state index is 11.7. The van der Waals surface area contributed by atoms with E-state index in [0.29, 0.717) is 6.42 Å². The molecule has 5 heteroatoms. The minimum Gasteiger partial charge on any atom is -0.378 e. The zero-order valence-corrected chi connectivity index (χ0v) is 13.4. The lowest BCUT2D eigenvalue weighted by atomic mass is 10.2. The largest absolute Gasteiger partial charge is 0.378 e. The lowest BCUT2D eigenvalue weighted by molar-refractivity contribution is -0.116. The van der Waals surface area contributed by atoms with Crippen LogP contribution in [0, 0.1) is 0 Å². The molecule has 0 unspecified atom stereocenters. The number of nitrogens with zero attached hydrogens (tertiary/aromatic N) is 1. The molecule has 0 aliphatic carbocycles. The van der Waals surface area contributed by atoms with Crippen molar-refractivity contribution in [2.45, 2.75) is 26.2 Å². The first-order valence-electron chi connectivity index (χ1n) is 7.13. The van der Waals surface area contributed by atoms with E-state index in [1.54, 1.807) is 0 Å². The van der Waals surface area contributed by atoms with Crippen LogP contribution >= 0.6 is 15.9 Å². The molecule has 20 heavy (non-hydrogen) atoms. The van der Waals surface area contributed by atoms with Gasteiger partial charge in [0.1, 0.15) is 0 Å². The number of nitrogens with one attached hydrogen (secondary N) is 1. The Morgan fingerprint density at radius 3 is 2.80 bits per heavy atom. The fourth-order valence-corrected chi connectivity index (χ4v) is 2.84. The van der Waals surface area contributed by atoms with Crippen molar-refractivity contribution >= 4 is 33.2 Å². The molecule has 1 aromatic carbocycles. The molecular formula is C15H21BrN2O2. The van der Waals surface area contributed by atoms with E-state index in [1.165, 1.54) is 0 Å². The number of anilines is 2. The van der Waals surface area contributed by atoms with Gasteiger partial charge in [-0.3, -0.25) is 4.79 Å². The number of amides is 1. The third kappa shape index (κ3) is 4.21. The Bertz CT molecular complexity index is 459. The first-order chi connectivity index (χ1) is 9.70. The van der Waals surface area contributed by atoms with Gasteiger partial charge in [0.2, 0.25) is 5.91 Å². The molecule has 1 amide bonds. The molecule has 1 aliphatic heterocycles. The van der Waals surface area contributed by atoms with Crippen molar-refractivity contribution in [2.24, 2.45) is 0 Å². The minimum absolute atomic E-state index is 0.0814. The zero-order chi connectivity index (χ0) is 14.4. The average molecular weight is 341 g/mol. The van der Waals surface area contributed by atoms with Crippen LogP contribution in [0.2, 0.25) is 0 Å². The van der Waals surface area contributed by atoms with Crippen LogP contribution in [0.5, 0.6) is 0 Å². The summed E-state index contributed by atoms with van der Waals surface area (Å²) in [4.78, 5) is 14.0. The van der Waals surface area contributed by atoms with Crippen molar-refractivity contribution in [3.05, 3.63) is 22.7 Å². The van der Waals surface area contributed by atoms with Gasteiger partial charge in [0.15, 0.2) is 0 Å². The molecule has 1 heterocycles. The van der Waals surface area contributed by atoms with Crippen LogP contribution in [0.3, 0.4) is 0 Å². The molecule has 0 aromatic heterocycles. The number of morpholine rings is 1. The summed E-state index contributed by atoms with van der Waals surface area (Å²) in [5, 5.41) is 2.94. The highest BCUT2D eigenvalue weighted by Gasteiger charge is 2.14. The van der Waals surface area contributed by atoms with Gasteiger partial charge in [-0.1, -0.05) is 13.3 Å². The molecule has 1 aliphatic rings. The number of rotatable bonds is 5. The van der Waals surface area contributed by atoms with Gasteiger partial charge in [-0.15, -0.1) is 0 Å². The van der Waals surface area contributed by atoms with Gasteiger partial charge >= 0.3 is 0 Å². The first-order valence-corrected chi connectivity index (χ1v) is 7.92. The van der Waals surface area contributed by atoms with Crippen LogP contribution < -0.4 is 10.2 Å². The van der Waals surface area contributed by atoms with Crippen LogP contribution in [0.4, 0.5) is 11.4 Å². The van der Waals surface area contributed by atoms with Crippen molar-refractivity contribution in [1.82, 2.24) is 0 Å². The Balaban J connectivity index is 1.99. The Labute approximate surface area is 128 Å². The SMILES string of the molecule is CCCCC(=O)Nc1ccc(N2CCOCC2)c(Br)c1. The summed E-state index contributed by atoms with van der Waals surface area (Å²) in [6.45, 7) is 5.42. The van der Waals surface area contributed by atoms with Gasteiger partial charge in [0, 0.05) is 29.7 Å². The number of halogens is 1. The highest BCUT2D eigenvalue weighted by atomic mass is 79.9. The van der Waals surface area contributed by atoms with E-state index in [0.717, 1.165) is 55.0 Å². The second-order valence-corrected chi connectivity index (χ2v) is 5.77. The van der Waals surface area contributed by atoms with Gasteiger partial charge in [0.25, 0.3) is 0 Å². The molecule has 1 aromatic rings. The Kier molecular flexibility index (Phi) is 5.86. The van der Waals surface area contributed by atoms with Crippen LogP contribution in [0.1, 0.15) is 26.2 Å². The number of hydrogen-bond donors (Lipinski definition) is 1. The molecule has 0 spiro atoms. The van der Waals surface area contributed by atoms with E-state index in [4.69, 9.17) is 4.74 Å². The van der Waals surface area contributed by atoms with Gasteiger partial charge in [0.05, 0.1) is 18.9 Å². The minimum atomic E-state index is 0.0814. The van der Waals surface area contributed by atoms with Crippen molar-refractivity contribution in [3.8, 4) is 0 Å². The third-order valence-corrected chi connectivity index (χ3v) is 3.98. The molecule has 0 atom stereocenters. The standard InChI is InChI=1S/C15H21BrN2O2/c1-2-3-4-15(19)17-12-5-6-14(13(16)11-12)18-7-9-20-10-8-18/h5-6,11H,2-4,7-10H2,1H3,(H,17,19). The number of carbonyl (C=O) groups excluding carboxylic acids is 1. The van der Waals surface area contributed by atoms with Crippen LogP contribution in [-0.4, -0.2) is 32.2 Å². The van der Waals surface area contributed by atoms with Crippen LogP contribution in [-0.2, 0) is 9.53 Å². The quantitative estimate of drug-likeness (QED) is 0.892. The maximum absolute atomic E-state index is 11.7. The lowest BCUT2D eigenvalue weighted by Crippen LogP contribution is -2.36. The summed E-state index contributed by atoms with van der Waals surface area (Å²) < 4.78 is 6.37. The molecule has 0 saturated carbocycles. The highest BCUT2D eigenvalue weighted by Crippen LogP contribution is 2.29. The lowest BCUT2D eigenvalue weighted by Gasteiger charge is -2.29. The number of ether oxygens (including phenoxy) is 1. The number of carbonyl (C=O) groups is 1. The summed E-state index contributed by atoms with van der Waals surface area (Å²) >= 11 is 3.59. The van der Waals surface area contributed by atoms with Crippen molar-refractivity contribution in [3.63, 3.8) is 0 Å². The van der Waals surface area contributed by atoms with Crippen molar-refractivity contribution in [1.29, 1.82) is 0 Å². The zero-order valence-electron chi connectivity index (χ0n) is 11.8. The normalized spacial score (nSPS) is 15.2. The van der Waals surface area contributed by atoms with Gasteiger partial charge < -0.3 is 15.0 Å². The van der Waals surface area contributed by atoms with Gasteiger partial charge in [-0.25, -0.2) is 0 Å². The Morgan fingerprint density at radius 2 is 2.15 bits per heavy atom. The molecule has 1 fully saturated rings. The van der Waals surface area contributed by atoms with E-state index >= 15 is 0 Å². The molecular weight excluding hydrogens is 320 g/mol. The van der Waals surface area contributed by atoms with Crippen LogP contribution in [0.25, 0.3) is 0 Å². The average Bonchev–Trinajstić information content (AvgIpc) is 2.46. The number of unbranched alkanes of at least 4 members (excludes halogenated alkanes) is 1. The second-order valence-electron chi connectivity index (χ2n) is 4.92. The number of hydrogen-bond acceptors (Lipinski definition) is 3. The molecule has 4 nitrogen and oxygen atoms in total. The smallest absolute Gasteiger partial charge is 0.224 e. The monoisotopic (exact) mass is 340 g/mol. The van der Waals surface area contributed by atoms with E-state index in [-0.39, 0.29) is 5.91 Å². The van der Waals surface area contributed by atoms with Crippen molar-refractivity contribution < 1.29 is 9.53 Å². The van der Waals surface area contributed by atoms with Crippen molar-refractivity contribution in [2.75, 3.05) is 36.5 Å². The van der Waals surface area contributed by atoms with E-state index in [9.17, 15) is 4.79 Å². The van der Waals surface area contributed by atoms with E-state index in [2.05, 4.69) is 33.1 Å². The summed E-state index contributed by atoms with van der Waals surface area (Å²) in [6.07, 6.45) is 2.55. The summed E-state index contributed by atoms with van der Waals surface area (Å²) in [6, 6.07) is 5.97. The molecule has 0 bridgehead atoms. The molecule has 110 valence electrons. The summed E-state index contributed by atoms with van der Waals surface area (Å²) in [5.41, 5.74) is 2.00. The predicted molar refractivity (Wildman–Crippen MR) is 85.3 cm³/mol. The molecule has 2 rings (SSSR count). The first kappa shape index (κ1) is 15.3. The fourth-order valence-electron chi connectivity index (χ4n) is 2.21. The van der Waals surface area contributed by atoms with E-state index in [1.807, 2.05) is 18.2 Å². The van der Waals surface area contributed by atoms with E-state index < -0.39 is 0 Å². The summed E-state index contributed by atoms with van der Waals surface area (Å²) in [7, 11) is 0. The molecule has 1 N–H and O–H groups in total. The van der Waals surface area contributed by atoms with Crippen LogP contribution in [0.15, 0.2) is 22.7 Å². The number of benzene rings is 1. The Hall–Kier alpha value is -1.07. The molecule has 1 saturated heterocycles. The molecule has 0 radical (unpaired) electrons. The third-order valence-electron chi connectivity index (χ3n) is 3.34. The fraction of sp³-hybridized carbons (Fsp3) is 0.533. The second kappa shape index (κ2) is 7.64. The summed E-state index contributed by atoms with van der Waals surface area (Å²) in [5.74, 6) is 0.0814.